The fourth-order valence-electron chi connectivity index (χ4n) is 2.89. The summed E-state index contributed by atoms with van der Waals surface area (Å²) < 4.78 is 5.97. The molecule has 0 radical (unpaired) electrons. The minimum absolute atomic E-state index is 0.112. The van der Waals surface area contributed by atoms with Crippen LogP contribution >= 0.6 is 15.9 Å². The molecule has 2 aromatic rings. The Bertz CT molecular complexity index is 687. The Balaban J connectivity index is 2.16. The molecule has 0 spiro atoms. The van der Waals surface area contributed by atoms with Gasteiger partial charge in [-0.05, 0) is 52.8 Å². The van der Waals surface area contributed by atoms with E-state index >= 15 is 0 Å². The van der Waals surface area contributed by atoms with E-state index in [9.17, 15) is 4.79 Å². The summed E-state index contributed by atoms with van der Waals surface area (Å²) in [4.78, 5) is 15.0. The van der Waals surface area contributed by atoms with Crippen molar-refractivity contribution < 1.29 is 9.53 Å². The van der Waals surface area contributed by atoms with Gasteiger partial charge in [0.1, 0.15) is 5.75 Å². The average molecular weight is 405 g/mol. The highest BCUT2D eigenvalue weighted by Gasteiger charge is 2.20. The van der Waals surface area contributed by atoms with Crippen LogP contribution in [0.5, 0.6) is 5.75 Å². The molecular weight excluding hydrogens is 380 g/mol. The molecule has 4 nitrogen and oxygen atoms in total. The fraction of sp³-hybridized carbons (Fsp3) is 0.350. The molecule has 0 bridgehead atoms. The van der Waals surface area contributed by atoms with Gasteiger partial charge in [0, 0.05) is 11.0 Å². The number of likely N-dealkylation sites (N-methyl/N-ethyl adjacent to an activating group) is 1. The van der Waals surface area contributed by atoms with Gasteiger partial charge in [0.15, 0.2) is 0 Å². The summed E-state index contributed by atoms with van der Waals surface area (Å²) >= 11 is 3.44. The lowest BCUT2D eigenvalue weighted by molar-refractivity contribution is 0.0934. The van der Waals surface area contributed by atoms with Crippen molar-refractivity contribution in [2.24, 2.45) is 0 Å². The first kappa shape index (κ1) is 19.5. The second-order valence-electron chi connectivity index (χ2n) is 5.70. The average Bonchev–Trinajstić information content (AvgIpc) is 2.66. The molecule has 0 aliphatic carbocycles. The molecule has 0 aliphatic heterocycles. The zero-order chi connectivity index (χ0) is 18.2. The van der Waals surface area contributed by atoms with E-state index in [1.54, 1.807) is 13.2 Å². The van der Waals surface area contributed by atoms with Crippen LogP contribution < -0.4 is 10.1 Å². The van der Waals surface area contributed by atoms with Gasteiger partial charge in [-0.15, -0.1) is 0 Å². The minimum Gasteiger partial charge on any atom is -0.497 e. The number of hydrogen-bond donors (Lipinski definition) is 1. The zero-order valence-electron chi connectivity index (χ0n) is 15.0. The summed E-state index contributed by atoms with van der Waals surface area (Å²) in [6.45, 7) is 6.68. The number of methoxy groups -OCH3 is 1. The molecule has 5 heteroatoms. The van der Waals surface area contributed by atoms with Gasteiger partial charge in [0.2, 0.25) is 0 Å². The maximum Gasteiger partial charge on any atom is 0.252 e. The van der Waals surface area contributed by atoms with E-state index in [2.05, 4.69) is 52.1 Å². The molecule has 1 amide bonds. The van der Waals surface area contributed by atoms with Gasteiger partial charge in [-0.3, -0.25) is 9.69 Å². The predicted octanol–water partition coefficient (Wildman–Crippen LogP) is 4.27. The third kappa shape index (κ3) is 5.06. The van der Waals surface area contributed by atoms with E-state index < -0.39 is 0 Å². The smallest absolute Gasteiger partial charge is 0.252 e. The van der Waals surface area contributed by atoms with E-state index in [0.29, 0.717) is 17.9 Å². The molecule has 1 unspecified atom stereocenters. The maximum atomic E-state index is 12.7. The normalized spacial score (nSPS) is 12.0. The standard InChI is InChI=1S/C20H25BrN2O2/c1-4-23(5-2)19(15-9-7-6-8-10-15)14-22-20(24)17-13-16(25-3)11-12-18(17)21/h6-13,19H,4-5,14H2,1-3H3,(H,22,24). The van der Waals surface area contributed by atoms with Gasteiger partial charge in [0.25, 0.3) is 5.91 Å². The SMILES string of the molecule is CCN(CC)C(CNC(=O)c1cc(OC)ccc1Br)c1ccccc1. The van der Waals surface area contributed by atoms with Crippen LogP contribution in [0.4, 0.5) is 0 Å². The van der Waals surface area contributed by atoms with Crippen LogP contribution in [0.15, 0.2) is 53.0 Å². The predicted molar refractivity (Wildman–Crippen MR) is 105 cm³/mol. The molecule has 134 valence electrons. The van der Waals surface area contributed by atoms with Crippen LogP contribution in [-0.2, 0) is 0 Å². The number of nitrogens with one attached hydrogen (secondary N) is 1. The summed E-state index contributed by atoms with van der Waals surface area (Å²) in [7, 11) is 1.59. The Morgan fingerprint density at radius 1 is 1.16 bits per heavy atom. The van der Waals surface area contributed by atoms with Gasteiger partial charge in [-0.2, -0.15) is 0 Å². The Labute approximate surface area is 158 Å². The van der Waals surface area contributed by atoms with Crippen LogP contribution in [0.1, 0.15) is 35.8 Å². The van der Waals surface area contributed by atoms with Crippen molar-refractivity contribution in [1.29, 1.82) is 0 Å². The molecule has 0 fully saturated rings. The summed E-state index contributed by atoms with van der Waals surface area (Å²) in [5, 5.41) is 3.07. The highest BCUT2D eigenvalue weighted by atomic mass is 79.9. The number of hydrogen-bond acceptors (Lipinski definition) is 3. The molecule has 0 saturated heterocycles. The molecule has 0 aliphatic rings. The number of ether oxygens (including phenoxy) is 1. The summed E-state index contributed by atoms with van der Waals surface area (Å²) in [5.41, 5.74) is 1.78. The molecule has 2 rings (SSSR count). The van der Waals surface area contributed by atoms with Crippen LogP contribution in [0, 0.1) is 0 Å². The van der Waals surface area contributed by atoms with Crippen LogP contribution in [0.3, 0.4) is 0 Å². The molecule has 25 heavy (non-hydrogen) atoms. The Morgan fingerprint density at radius 3 is 2.44 bits per heavy atom. The molecule has 2 aromatic carbocycles. The van der Waals surface area contributed by atoms with Gasteiger partial charge >= 0.3 is 0 Å². The van der Waals surface area contributed by atoms with Gasteiger partial charge in [-0.25, -0.2) is 0 Å². The quantitative estimate of drug-likeness (QED) is 0.713. The van der Waals surface area contributed by atoms with Gasteiger partial charge in [0.05, 0.1) is 18.7 Å². The third-order valence-corrected chi connectivity index (χ3v) is 5.00. The molecule has 1 N–H and O–H groups in total. The molecule has 1 atom stereocenters. The largest absolute Gasteiger partial charge is 0.497 e. The Hall–Kier alpha value is -1.85. The number of carbonyl (C=O) groups excluding carboxylic acids is 1. The lowest BCUT2D eigenvalue weighted by atomic mass is 10.0. The molecule has 0 saturated carbocycles. The first-order valence-electron chi connectivity index (χ1n) is 8.51. The molecule has 0 aromatic heterocycles. The lowest BCUT2D eigenvalue weighted by Crippen LogP contribution is -2.38. The number of carbonyl (C=O) groups is 1. The van der Waals surface area contributed by atoms with Crippen molar-refractivity contribution in [2.75, 3.05) is 26.7 Å². The highest BCUT2D eigenvalue weighted by Crippen LogP contribution is 2.23. The second-order valence-corrected chi connectivity index (χ2v) is 6.56. The summed E-state index contributed by atoms with van der Waals surface area (Å²) in [6, 6.07) is 15.8. The fourth-order valence-corrected chi connectivity index (χ4v) is 3.31. The highest BCUT2D eigenvalue weighted by molar-refractivity contribution is 9.10. The van der Waals surface area contributed by atoms with E-state index in [4.69, 9.17) is 4.74 Å². The zero-order valence-corrected chi connectivity index (χ0v) is 16.5. The molecular formula is C20H25BrN2O2. The Morgan fingerprint density at radius 2 is 1.84 bits per heavy atom. The summed E-state index contributed by atoms with van der Waals surface area (Å²) in [5.74, 6) is 0.551. The van der Waals surface area contributed by atoms with Crippen molar-refractivity contribution in [3.8, 4) is 5.75 Å². The topological polar surface area (TPSA) is 41.6 Å². The summed E-state index contributed by atoms with van der Waals surface area (Å²) in [6.07, 6.45) is 0. The van der Waals surface area contributed by atoms with Crippen LogP contribution in [0.25, 0.3) is 0 Å². The monoisotopic (exact) mass is 404 g/mol. The van der Waals surface area contributed by atoms with Gasteiger partial charge in [-0.1, -0.05) is 44.2 Å². The third-order valence-electron chi connectivity index (χ3n) is 4.31. The van der Waals surface area contributed by atoms with Crippen molar-refractivity contribution in [3.63, 3.8) is 0 Å². The molecule has 0 heterocycles. The minimum atomic E-state index is -0.112. The number of rotatable bonds is 8. The van der Waals surface area contributed by atoms with Gasteiger partial charge < -0.3 is 10.1 Å². The van der Waals surface area contributed by atoms with E-state index in [-0.39, 0.29) is 11.9 Å². The first-order valence-corrected chi connectivity index (χ1v) is 9.30. The second kappa shape index (κ2) is 9.59. The number of benzene rings is 2. The van der Waals surface area contributed by atoms with Crippen LogP contribution in [-0.4, -0.2) is 37.6 Å². The first-order chi connectivity index (χ1) is 12.1. The van der Waals surface area contributed by atoms with Crippen molar-refractivity contribution >= 4 is 21.8 Å². The van der Waals surface area contributed by atoms with E-state index in [1.807, 2.05) is 30.3 Å². The van der Waals surface area contributed by atoms with Crippen LogP contribution in [0.2, 0.25) is 0 Å². The number of nitrogens with zero attached hydrogens (tertiary/aromatic N) is 1. The van der Waals surface area contributed by atoms with Crippen molar-refractivity contribution in [3.05, 3.63) is 64.1 Å². The lowest BCUT2D eigenvalue weighted by Gasteiger charge is -2.30. The number of halogens is 1. The van der Waals surface area contributed by atoms with E-state index in [1.165, 1.54) is 5.56 Å². The number of amides is 1. The van der Waals surface area contributed by atoms with Crippen molar-refractivity contribution in [1.82, 2.24) is 10.2 Å². The van der Waals surface area contributed by atoms with Crippen molar-refractivity contribution in [2.45, 2.75) is 19.9 Å². The van der Waals surface area contributed by atoms with E-state index in [0.717, 1.165) is 17.6 Å². The Kier molecular flexibility index (Phi) is 7.47. The maximum absolute atomic E-state index is 12.7.